The summed E-state index contributed by atoms with van der Waals surface area (Å²) in [7, 11) is 0. The fourth-order valence-corrected chi connectivity index (χ4v) is 5.07. The van der Waals surface area contributed by atoms with Crippen LogP contribution in [0.4, 0.5) is 10.2 Å². The van der Waals surface area contributed by atoms with E-state index in [1.54, 1.807) is 24.4 Å². The number of nitrogens with one attached hydrogen (secondary N) is 1. The number of aromatic hydroxyl groups is 1. The number of hydrogen-bond acceptors (Lipinski definition) is 7. The number of aryl methyl sites for hydroxylation is 1. The summed E-state index contributed by atoms with van der Waals surface area (Å²) in [5.74, 6) is -0.811. The molecule has 4 rings (SSSR count). The van der Waals surface area contributed by atoms with Crippen molar-refractivity contribution in [2.24, 2.45) is 0 Å². The summed E-state index contributed by atoms with van der Waals surface area (Å²) in [6.45, 7) is 12.2. The van der Waals surface area contributed by atoms with E-state index in [4.69, 9.17) is 16.6 Å². The highest BCUT2D eigenvalue weighted by molar-refractivity contribution is 6.34. The van der Waals surface area contributed by atoms with Crippen molar-refractivity contribution in [1.82, 2.24) is 24.8 Å². The minimum atomic E-state index is -0.719. The first-order chi connectivity index (χ1) is 19.6. The number of nitrogens with zero attached hydrogens (tertiary/aromatic N) is 5. The van der Waals surface area contributed by atoms with Gasteiger partial charge in [-0.25, -0.2) is 18.7 Å². The Balaban J connectivity index is 2.16. The van der Waals surface area contributed by atoms with Crippen molar-refractivity contribution in [2.75, 3.05) is 18.0 Å². The second kappa shape index (κ2) is 12.5. The zero-order chi connectivity index (χ0) is 29.8. The van der Waals surface area contributed by atoms with Gasteiger partial charge in [0, 0.05) is 25.3 Å². The smallest absolute Gasteiger partial charge is 0.355 e. The van der Waals surface area contributed by atoms with Crippen molar-refractivity contribution < 1.29 is 14.3 Å². The Hall–Kier alpha value is -4.31. The molecule has 9 nitrogen and oxygen atoms in total. The Morgan fingerprint density at radius 2 is 2.00 bits per heavy atom. The van der Waals surface area contributed by atoms with Crippen molar-refractivity contribution in [3.8, 4) is 22.7 Å². The molecule has 0 fully saturated rings. The van der Waals surface area contributed by atoms with Crippen molar-refractivity contribution in [1.29, 1.82) is 0 Å². The third kappa shape index (κ3) is 5.78. The quantitative estimate of drug-likeness (QED) is 0.184. The minimum Gasteiger partial charge on any atom is -0.507 e. The average Bonchev–Trinajstić information content (AvgIpc) is 2.93. The molecule has 11 heteroatoms. The number of benzene rings is 1. The zero-order valence-corrected chi connectivity index (χ0v) is 24.1. The van der Waals surface area contributed by atoms with Crippen LogP contribution in [-0.4, -0.2) is 50.2 Å². The second-order valence-electron chi connectivity index (χ2n) is 10.0. The lowest BCUT2D eigenvalue weighted by Crippen LogP contribution is -2.42. The van der Waals surface area contributed by atoms with E-state index in [0.29, 0.717) is 42.0 Å². The molecule has 3 aromatic heterocycles. The Morgan fingerprint density at radius 3 is 2.66 bits per heavy atom. The topological polar surface area (TPSA) is 113 Å². The summed E-state index contributed by atoms with van der Waals surface area (Å²) in [6.07, 6.45) is 4.60. The number of carbonyl (C=O) groups is 1. The van der Waals surface area contributed by atoms with Gasteiger partial charge in [0.15, 0.2) is 5.65 Å². The molecule has 3 heterocycles. The molecule has 0 saturated heterocycles. The lowest BCUT2D eigenvalue weighted by Gasteiger charge is -2.31. The van der Waals surface area contributed by atoms with Crippen LogP contribution < -0.4 is 15.9 Å². The van der Waals surface area contributed by atoms with Gasteiger partial charge in [0.2, 0.25) is 6.41 Å². The molecule has 1 atom stereocenters. The van der Waals surface area contributed by atoms with Crippen LogP contribution in [0.2, 0.25) is 5.02 Å². The predicted molar refractivity (Wildman–Crippen MR) is 160 cm³/mol. The van der Waals surface area contributed by atoms with E-state index in [2.05, 4.69) is 21.9 Å². The Morgan fingerprint density at radius 1 is 1.24 bits per heavy atom. The Kier molecular flexibility index (Phi) is 9.02. The summed E-state index contributed by atoms with van der Waals surface area (Å²) in [5.41, 5.74) is 1.27. The van der Waals surface area contributed by atoms with Crippen LogP contribution in [0, 0.1) is 12.7 Å². The van der Waals surface area contributed by atoms with E-state index in [9.17, 15) is 14.7 Å². The van der Waals surface area contributed by atoms with Gasteiger partial charge in [0.25, 0.3) is 0 Å². The van der Waals surface area contributed by atoms with E-state index in [1.165, 1.54) is 22.8 Å². The van der Waals surface area contributed by atoms with E-state index in [-0.39, 0.29) is 46.2 Å². The standard InChI is InChI=1S/C30H32ClFN6O3/c1-6-7-13-37(19(5)15-33-16-39)28-20-14-21(31)26(24-22(32)9-8-10-23(24)40)35-29(20)38(30(41)36-28)27-18(4)11-12-34-25(27)17(2)3/h6,8-12,14,16-17,19,40H,1,7,13,15H2,2-5H3,(H,33,39). The van der Waals surface area contributed by atoms with E-state index >= 15 is 4.39 Å². The molecule has 4 aromatic rings. The molecule has 41 heavy (non-hydrogen) atoms. The number of phenols is 1. The molecular weight excluding hydrogens is 547 g/mol. The van der Waals surface area contributed by atoms with Crippen molar-refractivity contribution in [3.63, 3.8) is 0 Å². The highest BCUT2D eigenvalue weighted by Gasteiger charge is 2.26. The number of pyridine rings is 2. The zero-order valence-electron chi connectivity index (χ0n) is 23.4. The largest absolute Gasteiger partial charge is 0.507 e. The van der Waals surface area contributed by atoms with Crippen LogP contribution >= 0.6 is 11.6 Å². The lowest BCUT2D eigenvalue weighted by atomic mass is 10.0. The molecule has 0 saturated carbocycles. The monoisotopic (exact) mass is 578 g/mol. The third-order valence-electron chi connectivity index (χ3n) is 6.83. The third-order valence-corrected chi connectivity index (χ3v) is 7.12. The summed E-state index contributed by atoms with van der Waals surface area (Å²) >= 11 is 6.72. The normalized spacial score (nSPS) is 12.0. The second-order valence-corrected chi connectivity index (χ2v) is 10.4. The van der Waals surface area contributed by atoms with Gasteiger partial charge in [0.05, 0.1) is 33.0 Å². The van der Waals surface area contributed by atoms with Gasteiger partial charge in [-0.3, -0.25) is 9.78 Å². The number of anilines is 1. The molecule has 1 aromatic carbocycles. The molecule has 0 aliphatic carbocycles. The molecule has 1 unspecified atom stereocenters. The number of fused-ring (bicyclic) bond motifs is 1. The van der Waals surface area contributed by atoms with Crippen LogP contribution in [0.5, 0.6) is 5.75 Å². The summed E-state index contributed by atoms with van der Waals surface area (Å²) < 4.78 is 16.4. The van der Waals surface area contributed by atoms with E-state index < -0.39 is 11.5 Å². The number of rotatable bonds is 11. The maximum atomic E-state index is 15.0. The van der Waals surface area contributed by atoms with Crippen LogP contribution in [-0.2, 0) is 4.79 Å². The van der Waals surface area contributed by atoms with Crippen molar-refractivity contribution >= 4 is 34.9 Å². The number of phenolic OH excluding ortho intramolecular Hbond substituents is 1. The summed E-state index contributed by atoms with van der Waals surface area (Å²) in [6, 6.07) is 7.00. The van der Waals surface area contributed by atoms with Crippen molar-refractivity contribution in [3.05, 3.63) is 81.8 Å². The number of aromatic nitrogens is 4. The lowest BCUT2D eigenvalue weighted by molar-refractivity contribution is -0.109. The first kappa shape index (κ1) is 29.7. The number of amides is 1. The van der Waals surface area contributed by atoms with Gasteiger partial charge in [-0.15, -0.1) is 6.58 Å². The minimum absolute atomic E-state index is 0.0268. The Labute approximate surface area is 242 Å². The average molecular weight is 579 g/mol. The van der Waals surface area contributed by atoms with Gasteiger partial charge in [-0.2, -0.15) is 4.98 Å². The molecule has 2 N–H and O–H groups in total. The maximum absolute atomic E-state index is 15.0. The van der Waals surface area contributed by atoms with Gasteiger partial charge in [0.1, 0.15) is 17.4 Å². The van der Waals surface area contributed by atoms with E-state index in [1.807, 2.05) is 32.6 Å². The maximum Gasteiger partial charge on any atom is 0.355 e. The number of halogens is 2. The number of hydrogen-bond donors (Lipinski definition) is 2. The van der Waals surface area contributed by atoms with Gasteiger partial charge < -0.3 is 15.3 Å². The highest BCUT2D eigenvalue weighted by atomic mass is 35.5. The summed E-state index contributed by atoms with van der Waals surface area (Å²) in [5, 5.41) is 13.7. The van der Waals surface area contributed by atoms with Crippen LogP contribution in [0.25, 0.3) is 28.0 Å². The first-order valence-corrected chi connectivity index (χ1v) is 13.6. The fraction of sp³-hybridized carbons (Fsp3) is 0.300. The van der Waals surface area contributed by atoms with Gasteiger partial charge in [-0.1, -0.05) is 37.6 Å². The molecule has 0 bridgehead atoms. The predicted octanol–water partition coefficient (Wildman–Crippen LogP) is 5.29. The van der Waals surface area contributed by atoms with Crippen LogP contribution in [0.1, 0.15) is 44.4 Å². The number of carbonyl (C=O) groups excluding carboxylic acids is 1. The Bertz CT molecular complexity index is 1650. The first-order valence-electron chi connectivity index (χ1n) is 13.2. The fourth-order valence-electron chi connectivity index (χ4n) is 4.83. The molecule has 1 amide bonds. The SMILES string of the molecule is C=CCCN(c1nc(=O)n(-c2c(C)ccnc2C(C)C)c2nc(-c3c(O)cccc3F)c(Cl)cc12)C(C)CNC=O. The molecule has 214 valence electrons. The van der Waals surface area contributed by atoms with E-state index in [0.717, 1.165) is 5.56 Å². The summed E-state index contributed by atoms with van der Waals surface area (Å²) in [4.78, 5) is 40.7. The van der Waals surface area contributed by atoms with Crippen molar-refractivity contribution in [2.45, 2.75) is 46.1 Å². The molecule has 0 radical (unpaired) electrons. The van der Waals surface area contributed by atoms with Gasteiger partial charge in [-0.05, 0) is 56.0 Å². The van der Waals surface area contributed by atoms with Crippen LogP contribution in [0.15, 0.2) is 54.0 Å². The highest BCUT2D eigenvalue weighted by Crippen LogP contribution is 2.39. The molecule has 0 aliphatic rings. The molecular formula is C30H32ClFN6O3. The molecule has 0 spiro atoms. The molecule has 0 aliphatic heterocycles. The van der Waals surface area contributed by atoms with Crippen LogP contribution in [0.3, 0.4) is 0 Å². The van der Waals surface area contributed by atoms with Gasteiger partial charge >= 0.3 is 5.69 Å².